The summed E-state index contributed by atoms with van der Waals surface area (Å²) in [6.45, 7) is 0.459. The van der Waals surface area contributed by atoms with Crippen molar-refractivity contribution in [1.82, 2.24) is 30.8 Å². The van der Waals surface area contributed by atoms with Gasteiger partial charge in [0.2, 0.25) is 11.8 Å². The number of rotatable bonds is 9. The maximum absolute atomic E-state index is 12.4. The molecule has 2 amide bonds. The number of carbonyl (C=O) groups is 2. The van der Waals surface area contributed by atoms with Crippen LogP contribution in [-0.4, -0.2) is 44.1 Å². The first-order valence-electron chi connectivity index (χ1n) is 10.7. The highest BCUT2D eigenvalue weighted by atomic mass is 35.5. The van der Waals surface area contributed by atoms with Gasteiger partial charge in [-0.05, 0) is 49.1 Å². The van der Waals surface area contributed by atoms with Crippen molar-refractivity contribution in [2.45, 2.75) is 44.1 Å². The Hall–Kier alpha value is -3.26. The first-order chi connectivity index (χ1) is 15.5. The molecule has 0 radical (unpaired) electrons. The molecule has 1 aliphatic rings. The van der Waals surface area contributed by atoms with Crippen LogP contribution in [0.25, 0.3) is 11.4 Å². The molecule has 9 heteroatoms. The number of aromatic amines is 1. The van der Waals surface area contributed by atoms with Crippen LogP contribution in [0.15, 0.2) is 48.8 Å². The van der Waals surface area contributed by atoms with Crippen LogP contribution >= 0.6 is 11.6 Å². The number of nitrogens with zero attached hydrogens (tertiary/aromatic N) is 3. The Morgan fingerprint density at radius 1 is 1.16 bits per heavy atom. The summed E-state index contributed by atoms with van der Waals surface area (Å²) in [5, 5.41) is 13.8. The Morgan fingerprint density at radius 3 is 2.66 bits per heavy atom. The van der Waals surface area contributed by atoms with Gasteiger partial charge in [-0.2, -0.15) is 5.10 Å². The summed E-state index contributed by atoms with van der Waals surface area (Å²) in [6.07, 6.45) is 6.75. The molecule has 8 nitrogen and oxygen atoms in total. The summed E-state index contributed by atoms with van der Waals surface area (Å²) in [6, 6.07) is 11.3. The molecule has 1 fully saturated rings. The average molecular weight is 453 g/mol. The number of hydrogen-bond donors (Lipinski definition) is 3. The van der Waals surface area contributed by atoms with Gasteiger partial charge in [-0.15, -0.1) is 0 Å². The fourth-order valence-corrected chi connectivity index (χ4v) is 4.10. The third-order valence-corrected chi connectivity index (χ3v) is 5.93. The summed E-state index contributed by atoms with van der Waals surface area (Å²) in [4.78, 5) is 32.8. The molecule has 32 heavy (non-hydrogen) atoms. The zero-order valence-corrected chi connectivity index (χ0v) is 18.4. The molecule has 0 unspecified atom stereocenters. The van der Waals surface area contributed by atoms with Crippen LogP contribution in [0.2, 0.25) is 5.02 Å². The molecule has 1 atom stereocenters. The van der Waals surface area contributed by atoms with Crippen LogP contribution in [-0.2, 0) is 22.4 Å². The standard InChI is InChI=1S/C23H25ClN6O2/c24-18-3-1-16(2-4-18)15-23(11-6-21(32)28-23)10-5-20(31)26-14-9-19-27-22(30-29-19)17-7-12-25-13-8-17/h1-4,7-8,12-13H,5-6,9-11,14-15H2,(H,26,31)(H,28,32)(H,27,29,30)/t23-/m0/s1. The van der Waals surface area contributed by atoms with E-state index < -0.39 is 5.54 Å². The van der Waals surface area contributed by atoms with Crippen molar-refractivity contribution in [3.63, 3.8) is 0 Å². The molecule has 1 aromatic carbocycles. The molecule has 0 spiro atoms. The van der Waals surface area contributed by atoms with Crippen molar-refractivity contribution in [2.24, 2.45) is 0 Å². The van der Waals surface area contributed by atoms with E-state index in [1.807, 2.05) is 36.4 Å². The lowest BCUT2D eigenvalue weighted by Crippen LogP contribution is -2.44. The maximum atomic E-state index is 12.4. The van der Waals surface area contributed by atoms with Crippen LogP contribution in [0.3, 0.4) is 0 Å². The Bertz CT molecular complexity index is 1070. The molecule has 3 N–H and O–H groups in total. The predicted molar refractivity (Wildman–Crippen MR) is 121 cm³/mol. The van der Waals surface area contributed by atoms with Crippen molar-refractivity contribution in [1.29, 1.82) is 0 Å². The maximum Gasteiger partial charge on any atom is 0.220 e. The van der Waals surface area contributed by atoms with E-state index in [1.54, 1.807) is 12.4 Å². The van der Waals surface area contributed by atoms with Gasteiger partial charge >= 0.3 is 0 Å². The predicted octanol–water partition coefficient (Wildman–Crippen LogP) is 2.85. The number of carbonyl (C=O) groups excluding carboxylic acids is 2. The van der Waals surface area contributed by atoms with Gasteiger partial charge in [0.05, 0.1) is 0 Å². The van der Waals surface area contributed by atoms with Crippen molar-refractivity contribution in [3.05, 3.63) is 65.2 Å². The molecule has 166 valence electrons. The second-order valence-corrected chi connectivity index (χ2v) is 8.51. The number of amides is 2. The zero-order valence-electron chi connectivity index (χ0n) is 17.6. The van der Waals surface area contributed by atoms with Crippen molar-refractivity contribution >= 4 is 23.4 Å². The highest BCUT2D eigenvalue weighted by Gasteiger charge is 2.37. The highest BCUT2D eigenvalue weighted by molar-refractivity contribution is 6.30. The van der Waals surface area contributed by atoms with Gasteiger partial charge in [0, 0.05) is 54.3 Å². The molecular weight excluding hydrogens is 428 g/mol. The lowest BCUT2D eigenvalue weighted by molar-refractivity contribution is -0.122. The fraction of sp³-hybridized carbons (Fsp3) is 0.348. The summed E-state index contributed by atoms with van der Waals surface area (Å²) in [7, 11) is 0. The van der Waals surface area contributed by atoms with E-state index in [2.05, 4.69) is 30.8 Å². The van der Waals surface area contributed by atoms with Crippen LogP contribution in [0, 0.1) is 0 Å². The van der Waals surface area contributed by atoms with E-state index in [0.29, 0.717) is 55.3 Å². The molecule has 2 aromatic heterocycles. The zero-order chi connectivity index (χ0) is 22.4. The smallest absolute Gasteiger partial charge is 0.220 e. The number of pyridine rings is 1. The second kappa shape index (κ2) is 9.91. The van der Waals surface area contributed by atoms with E-state index in [-0.39, 0.29) is 11.8 Å². The van der Waals surface area contributed by atoms with Gasteiger partial charge in [-0.1, -0.05) is 23.7 Å². The van der Waals surface area contributed by atoms with Gasteiger partial charge in [-0.25, -0.2) is 4.98 Å². The monoisotopic (exact) mass is 452 g/mol. The Balaban J connectivity index is 1.26. The number of hydrogen-bond acceptors (Lipinski definition) is 5. The summed E-state index contributed by atoms with van der Waals surface area (Å²) in [5.41, 5.74) is 1.58. The van der Waals surface area contributed by atoms with Crippen molar-refractivity contribution in [3.8, 4) is 11.4 Å². The minimum Gasteiger partial charge on any atom is -0.356 e. The lowest BCUT2D eigenvalue weighted by atomic mass is 9.85. The normalized spacial score (nSPS) is 17.8. The number of benzene rings is 1. The summed E-state index contributed by atoms with van der Waals surface area (Å²) >= 11 is 5.98. The molecule has 1 aliphatic heterocycles. The third-order valence-electron chi connectivity index (χ3n) is 5.68. The molecular formula is C23H25ClN6O2. The number of aromatic nitrogens is 4. The first-order valence-corrected chi connectivity index (χ1v) is 11.0. The van der Waals surface area contributed by atoms with E-state index >= 15 is 0 Å². The largest absolute Gasteiger partial charge is 0.356 e. The van der Waals surface area contributed by atoms with Gasteiger partial charge < -0.3 is 10.6 Å². The van der Waals surface area contributed by atoms with Crippen LogP contribution in [0.1, 0.15) is 37.1 Å². The van der Waals surface area contributed by atoms with Gasteiger partial charge in [0.1, 0.15) is 5.82 Å². The van der Waals surface area contributed by atoms with Crippen molar-refractivity contribution in [2.75, 3.05) is 6.54 Å². The topological polar surface area (TPSA) is 113 Å². The van der Waals surface area contributed by atoms with Gasteiger partial charge in [-0.3, -0.25) is 19.7 Å². The third kappa shape index (κ3) is 5.70. The summed E-state index contributed by atoms with van der Waals surface area (Å²) in [5.74, 6) is 1.31. The van der Waals surface area contributed by atoms with Crippen LogP contribution in [0.4, 0.5) is 0 Å². The van der Waals surface area contributed by atoms with Crippen LogP contribution < -0.4 is 10.6 Å². The molecule has 0 aliphatic carbocycles. The average Bonchev–Trinajstić information content (AvgIpc) is 3.42. The fourth-order valence-electron chi connectivity index (χ4n) is 3.97. The Morgan fingerprint density at radius 2 is 1.94 bits per heavy atom. The lowest BCUT2D eigenvalue weighted by Gasteiger charge is -2.29. The minimum absolute atomic E-state index is 0.0368. The Labute approximate surface area is 191 Å². The van der Waals surface area contributed by atoms with E-state index in [4.69, 9.17) is 11.6 Å². The number of nitrogens with one attached hydrogen (secondary N) is 3. The van der Waals surface area contributed by atoms with Crippen LogP contribution in [0.5, 0.6) is 0 Å². The van der Waals surface area contributed by atoms with E-state index in [9.17, 15) is 9.59 Å². The molecule has 3 heterocycles. The van der Waals surface area contributed by atoms with E-state index in [0.717, 1.165) is 17.5 Å². The highest BCUT2D eigenvalue weighted by Crippen LogP contribution is 2.30. The number of H-pyrrole nitrogens is 1. The molecule has 1 saturated heterocycles. The molecule has 0 bridgehead atoms. The molecule has 3 aromatic rings. The van der Waals surface area contributed by atoms with Gasteiger partial charge in [0.25, 0.3) is 0 Å². The quantitative estimate of drug-likeness (QED) is 0.462. The van der Waals surface area contributed by atoms with E-state index in [1.165, 1.54) is 0 Å². The molecule has 0 saturated carbocycles. The van der Waals surface area contributed by atoms with Crippen molar-refractivity contribution < 1.29 is 9.59 Å². The Kier molecular flexibility index (Phi) is 6.80. The number of halogens is 1. The second-order valence-electron chi connectivity index (χ2n) is 8.07. The SMILES string of the molecule is O=C(CC[C@@]1(Cc2ccc(Cl)cc2)CCC(=O)N1)NCCc1nc(-c2ccncc2)n[nH]1. The minimum atomic E-state index is -0.396. The molecule has 4 rings (SSSR count). The van der Waals surface area contributed by atoms with Gasteiger partial charge in [0.15, 0.2) is 5.82 Å². The first kappa shape index (κ1) is 22.0. The summed E-state index contributed by atoms with van der Waals surface area (Å²) < 4.78 is 0.